The lowest BCUT2D eigenvalue weighted by Gasteiger charge is -2.28. The lowest BCUT2D eigenvalue weighted by Crippen LogP contribution is -2.52. The van der Waals surface area contributed by atoms with E-state index in [0.29, 0.717) is 16.7 Å². The van der Waals surface area contributed by atoms with Crippen molar-refractivity contribution in [2.75, 3.05) is 6.54 Å². The molecule has 2 atom stereocenters. The van der Waals surface area contributed by atoms with Crippen LogP contribution in [-0.4, -0.2) is 40.3 Å². The predicted octanol–water partition coefficient (Wildman–Crippen LogP) is 3.31. The number of hydrogen-bond donors (Lipinski definition) is 2. The van der Waals surface area contributed by atoms with E-state index in [-0.39, 0.29) is 12.5 Å². The highest BCUT2D eigenvalue weighted by Gasteiger charge is 2.43. The Bertz CT molecular complexity index is 1140. The van der Waals surface area contributed by atoms with Gasteiger partial charge in [-0.3, -0.25) is 19.3 Å². The Morgan fingerprint density at radius 3 is 2.10 bits per heavy atom. The lowest BCUT2D eigenvalue weighted by molar-refractivity contribution is -0.126. The molecule has 0 bridgehead atoms. The van der Waals surface area contributed by atoms with Crippen LogP contribution >= 0.6 is 0 Å². The molecule has 3 aromatic carbocycles. The smallest absolute Gasteiger partial charge is 0.262 e. The van der Waals surface area contributed by atoms with Gasteiger partial charge in [-0.05, 0) is 40.5 Å². The summed E-state index contributed by atoms with van der Waals surface area (Å²) in [6.45, 7) is 3.55. The van der Waals surface area contributed by atoms with E-state index in [1.807, 2.05) is 42.5 Å². The molecule has 6 nitrogen and oxygen atoms in total. The van der Waals surface area contributed by atoms with Crippen molar-refractivity contribution in [2.45, 2.75) is 26.0 Å². The minimum atomic E-state index is -0.962. The number of carbonyl (C=O) groups excluding carboxylic acids is 3. The van der Waals surface area contributed by atoms with E-state index in [9.17, 15) is 19.5 Å². The maximum absolute atomic E-state index is 13.0. The fraction of sp³-hybridized carbons (Fsp3) is 0.240. The zero-order valence-corrected chi connectivity index (χ0v) is 17.4. The van der Waals surface area contributed by atoms with Crippen LogP contribution in [0.25, 0.3) is 10.8 Å². The van der Waals surface area contributed by atoms with Gasteiger partial charge in [-0.15, -0.1) is 0 Å². The highest BCUT2D eigenvalue weighted by Crippen LogP contribution is 2.27. The minimum absolute atomic E-state index is 0.0242. The Hall–Kier alpha value is -3.51. The molecule has 0 saturated carbocycles. The number of aliphatic hydroxyl groups is 1. The quantitative estimate of drug-likeness (QED) is 0.604. The number of benzene rings is 3. The predicted molar refractivity (Wildman–Crippen MR) is 117 cm³/mol. The standard InChI is InChI=1S/C25H24N2O4/c1-15(2)22(27-24(30)19-9-5-6-10-20(19)25(27)31)23(29)26-14-21(28)18-12-11-16-7-3-4-8-17(16)13-18/h3-13,15,21-22,28H,14H2,1-2H3,(H,26,29)/t21-,22-/m0/s1. The number of rotatable bonds is 6. The van der Waals surface area contributed by atoms with Crippen LogP contribution in [0.4, 0.5) is 0 Å². The zero-order valence-electron chi connectivity index (χ0n) is 17.4. The van der Waals surface area contributed by atoms with Crippen molar-refractivity contribution in [3.05, 3.63) is 83.4 Å². The largest absolute Gasteiger partial charge is 0.387 e. The number of imide groups is 1. The van der Waals surface area contributed by atoms with Crippen molar-refractivity contribution >= 4 is 28.5 Å². The zero-order chi connectivity index (χ0) is 22.1. The van der Waals surface area contributed by atoms with Crippen LogP contribution in [0, 0.1) is 5.92 Å². The highest BCUT2D eigenvalue weighted by molar-refractivity contribution is 6.22. The summed E-state index contributed by atoms with van der Waals surface area (Å²) in [5, 5.41) is 15.4. The van der Waals surface area contributed by atoms with Gasteiger partial charge in [0.15, 0.2) is 0 Å². The van der Waals surface area contributed by atoms with Crippen molar-refractivity contribution in [1.29, 1.82) is 0 Å². The Balaban J connectivity index is 1.49. The molecule has 0 aromatic heterocycles. The van der Waals surface area contributed by atoms with E-state index in [1.54, 1.807) is 38.1 Å². The number of carbonyl (C=O) groups is 3. The van der Waals surface area contributed by atoms with E-state index < -0.39 is 29.9 Å². The van der Waals surface area contributed by atoms with Crippen molar-refractivity contribution < 1.29 is 19.5 Å². The molecule has 6 heteroatoms. The fourth-order valence-electron chi connectivity index (χ4n) is 4.01. The number of nitrogens with one attached hydrogen (secondary N) is 1. The summed E-state index contributed by atoms with van der Waals surface area (Å²) in [4.78, 5) is 39.7. The molecule has 0 unspecified atom stereocenters. The van der Waals surface area contributed by atoms with Gasteiger partial charge < -0.3 is 10.4 Å². The van der Waals surface area contributed by atoms with Gasteiger partial charge in [-0.2, -0.15) is 0 Å². The van der Waals surface area contributed by atoms with Crippen LogP contribution < -0.4 is 5.32 Å². The molecule has 2 N–H and O–H groups in total. The second-order valence-electron chi connectivity index (χ2n) is 8.08. The molecule has 0 spiro atoms. The first kappa shape index (κ1) is 20.8. The monoisotopic (exact) mass is 416 g/mol. The van der Waals surface area contributed by atoms with Crippen LogP contribution in [-0.2, 0) is 4.79 Å². The molecule has 0 fully saturated rings. The molecule has 31 heavy (non-hydrogen) atoms. The summed E-state index contributed by atoms with van der Waals surface area (Å²) in [5.74, 6) is -1.70. The summed E-state index contributed by atoms with van der Waals surface area (Å²) in [6, 6.07) is 19.1. The number of aliphatic hydroxyl groups excluding tert-OH is 1. The van der Waals surface area contributed by atoms with Crippen LogP contribution in [0.1, 0.15) is 46.2 Å². The van der Waals surface area contributed by atoms with Gasteiger partial charge in [0.25, 0.3) is 11.8 Å². The van der Waals surface area contributed by atoms with Gasteiger partial charge in [0.2, 0.25) is 5.91 Å². The Morgan fingerprint density at radius 1 is 0.903 bits per heavy atom. The SMILES string of the molecule is CC(C)[C@@H](C(=O)NC[C@H](O)c1ccc2ccccc2c1)N1C(=O)c2ccccc2C1=O. The topological polar surface area (TPSA) is 86.7 Å². The third-order valence-electron chi connectivity index (χ3n) is 5.63. The average molecular weight is 416 g/mol. The maximum Gasteiger partial charge on any atom is 0.262 e. The normalized spacial score (nSPS) is 15.3. The molecule has 0 saturated heterocycles. The van der Waals surface area contributed by atoms with E-state index in [4.69, 9.17) is 0 Å². The molecular weight excluding hydrogens is 392 g/mol. The third-order valence-corrected chi connectivity index (χ3v) is 5.63. The number of hydrogen-bond acceptors (Lipinski definition) is 4. The Labute approximate surface area is 180 Å². The number of amides is 3. The van der Waals surface area contributed by atoms with Gasteiger partial charge in [0, 0.05) is 6.54 Å². The maximum atomic E-state index is 13.0. The molecule has 1 heterocycles. The fourth-order valence-corrected chi connectivity index (χ4v) is 4.01. The first-order valence-corrected chi connectivity index (χ1v) is 10.3. The second kappa shape index (κ2) is 8.32. The van der Waals surface area contributed by atoms with E-state index in [0.717, 1.165) is 15.7 Å². The molecule has 1 aliphatic heterocycles. The molecule has 3 aromatic rings. The van der Waals surface area contributed by atoms with E-state index >= 15 is 0 Å². The summed E-state index contributed by atoms with van der Waals surface area (Å²) >= 11 is 0. The van der Waals surface area contributed by atoms with Crippen LogP contribution in [0.5, 0.6) is 0 Å². The van der Waals surface area contributed by atoms with Crippen molar-refractivity contribution in [2.24, 2.45) is 5.92 Å². The second-order valence-corrected chi connectivity index (χ2v) is 8.08. The van der Waals surface area contributed by atoms with Crippen molar-refractivity contribution in [1.82, 2.24) is 10.2 Å². The lowest BCUT2D eigenvalue weighted by atomic mass is 10.0. The van der Waals surface area contributed by atoms with Gasteiger partial charge in [-0.25, -0.2) is 0 Å². The summed E-state index contributed by atoms with van der Waals surface area (Å²) < 4.78 is 0. The van der Waals surface area contributed by atoms with Crippen molar-refractivity contribution in [3.8, 4) is 0 Å². The molecule has 158 valence electrons. The molecule has 0 radical (unpaired) electrons. The van der Waals surface area contributed by atoms with Gasteiger partial charge >= 0.3 is 0 Å². The van der Waals surface area contributed by atoms with Crippen molar-refractivity contribution in [3.63, 3.8) is 0 Å². The third kappa shape index (κ3) is 3.82. The summed E-state index contributed by atoms with van der Waals surface area (Å²) in [5.41, 5.74) is 1.30. The van der Waals surface area contributed by atoms with Crippen LogP contribution in [0.2, 0.25) is 0 Å². The van der Waals surface area contributed by atoms with Crippen LogP contribution in [0.15, 0.2) is 66.7 Å². The molecule has 3 amide bonds. The Morgan fingerprint density at radius 2 is 1.48 bits per heavy atom. The number of nitrogens with zero attached hydrogens (tertiary/aromatic N) is 1. The van der Waals surface area contributed by atoms with E-state index in [2.05, 4.69) is 5.32 Å². The van der Waals surface area contributed by atoms with E-state index in [1.165, 1.54) is 0 Å². The highest BCUT2D eigenvalue weighted by atomic mass is 16.3. The summed E-state index contributed by atoms with van der Waals surface area (Å²) in [7, 11) is 0. The Kier molecular flexibility index (Phi) is 5.57. The molecule has 0 aliphatic carbocycles. The van der Waals surface area contributed by atoms with Gasteiger partial charge in [-0.1, -0.05) is 62.4 Å². The molecule has 1 aliphatic rings. The minimum Gasteiger partial charge on any atom is -0.387 e. The van der Waals surface area contributed by atoms with Crippen LogP contribution in [0.3, 0.4) is 0 Å². The van der Waals surface area contributed by atoms with Gasteiger partial charge in [0.1, 0.15) is 6.04 Å². The molecular formula is C25H24N2O4. The first-order chi connectivity index (χ1) is 14.9. The molecule has 4 rings (SSSR count). The first-order valence-electron chi connectivity index (χ1n) is 10.3. The number of fused-ring (bicyclic) bond motifs is 2. The average Bonchev–Trinajstić information content (AvgIpc) is 3.02. The summed E-state index contributed by atoms with van der Waals surface area (Å²) in [6.07, 6.45) is -0.913. The van der Waals surface area contributed by atoms with Gasteiger partial charge in [0.05, 0.1) is 17.2 Å².